The number of H-pyrrole nitrogens is 1. The number of rotatable bonds is 5. The maximum Gasteiger partial charge on any atom is 0.205 e. The van der Waals surface area contributed by atoms with Gasteiger partial charge in [0.1, 0.15) is 23.1 Å². The van der Waals surface area contributed by atoms with Gasteiger partial charge in [0.15, 0.2) is 0 Å². The average Bonchev–Trinajstić information content (AvgIpc) is 3.00. The Labute approximate surface area is 151 Å². The number of benzene rings is 2. The van der Waals surface area contributed by atoms with Crippen molar-refractivity contribution in [2.24, 2.45) is 0 Å². The number of hydrogen-bond acceptors (Lipinski definition) is 4. The number of aryl methyl sites for hydroxylation is 1. The van der Waals surface area contributed by atoms with Gasteiger partial charge in [-0.25, -0.2) is 0 Å². The van der Waals surface area contributed by atoms with Gasteiger partial charge in [-0.2, -0.15) is 5.26 Å². The second-order valence-corrected chi connectivity index (χ2v) is 5.82. The number of ether oxygens (including phenoxy) is 2. The molecule has 0 aliphatic heterocycles. The molecule has 3 rings (SSSR count). The summed E-state index contributed by atoms with van der Waals surface area (Å²) in [5.41, 5.74) is 2.83. The van der Waals surface area contributed by atoms with Crippen molar-refractivity contribution >= 4 is 22.8 Å². The van der Waals surface area contributed by atoms with Crippen LogP contribution in [0.3, 0.4) is 0 Å². The zero-order valence-corrected chi connectivity index (χ0v) is 14.8. The van der Waals surface area contributed by atoms with Crippen molar-refractivity contribution in [2.45, 2.75) is 6.92 Å². The fourth-order valence-electron chi connectivity index (χ4n) is 2.93. The van der Waals surface area contributed by atoms with Crippen LogP contribution in [-0.4, -0.2) is 25.0 Å². The summed E-state index contributed by atoms with van der Waals surface area (Å²) < 4.78 is 10.5. The lowest BCUT2D eigenvalue weighted by Crippen LogP contribution is -2.03. The van der Waals surface area contributed by atoms with Gasteiger partial charge >= 0.3 is 0 Å². The Balaban J connectivity index is 2.09. The minimum absolute atomic E-state index is 0.0492. The van der Waals surface area contributed by atoms with E-state index < -0.39 is 0 Å². The second kappa shape index (κ2) is 7.16. The number of carbonyl (C=O) groups is 1. The van der Waals surface area contributed by atoms with E-state index in [0.29, 0.717) is 22.6 Å². The minimum Gasteiger partial charge on any atom is -0.497 e. The van der Waals surface area contributed by atoms with Crippen LogP contribution in [0.5, 0.6) is 11.5 Å². The van der Waals surface area contributed by atoms with E-state index in [1.807, 2.05) is 37.3 Å². The Hall–Kier alpha value is -3.52. The van der Waals surface area contributed by atoms with Crippen molar-refractivity contribution < 1.29 is 14.3 Å². The summed E-state index contributed by atoms with van der Waals surface area (Å²) in [4.78, 5) is 16.2. The monoisotopic (exact) mass is 346 g/mol. The van der Waals surface area contributed by atoms with E-state index in [0.717, 1.165) is 16.6 Å². The van der Waals surface area contributed by atoms with Crippen LogP contribution in [0, 0.1) is 18.3 Å². The van der Waals surface area contributed by atoms with E-state index in [-0.39, 0.29) is 11.4 Å². The van der Waals surface area contributed by atoms with E-state index in [1.54, 1.807) is 38.5 Å². The third kappa shape index (κ3) is 3.17. The molecule has 0 aliphatic carbocycles. The van der Waals surface area contributed by atoms with Crippen LogP contribution in [0.1, 0.15) is 21.6 Å². The van der Waals surface area contributed by atoms with Crippen LogP contribution in [0.15, 0.2) is 48.0 Å². The predicted molar refractivity (Wildman–Crippen MR) is 101 cm³/mol. The van der Waals surface area contributed by atoms with Crippen LogP contribution in [-0.2, 0) is 0 Å². The van der Waals surface area contributed by atoms with Gasteiger partial charge < -0.3 is 14.5 Å². The number of hydrogen-bond donors (Lipinski definition) is 1. The van der Waals surface area contributed by atoms with E-state index >= 15 is 0 Å². The number of nitriles is 1. The molecular weight excluding hydrogens is 328 g/mol. The molecule has 130 valence electrons. The number of nitrogens with one attached hydrogen (secondary N) is 1. The summed E-state index contributed by atoms with van der Waals surface area (Å²) in [7, 11) is 3.10. The normalized spacial score (nSPS) is 11.2. The van der Waals surface area contributed by atoms with Gasteiger partial charge in [-0.05, 0) is 36.8 Å². The highest BCUT2D eigenvalue weighted by atomic mass is 16.5. The summed E-state index contributed by atoms with van der Waals surface area (Å²) in [6, 6.07) is 14.8. The third-order valence-corrected chi connectivity index (χ3v) is 4.17. The maximum absolute atomic E-state index is 13.0. The Kier molecular flexibility index (Phi) is 4.76. The largest absolute Gasteiger partial charge is 0.497 e. The lowest BCUT2D eigenvalue weighted by Gasteiger charge is -2.06. The lowest BCUT2D eigenvalue weighted by molar-refractivity contribution is 0.104. The summed E-state index contributed by atoms with van der Waals surface area (Å²) in [6.45, 7) is 1.83. The number of methoxy groups -OCH3 is 2. The van der Waals surface area contributed by atoms with Crippen LogP contribution >= 0.6 is 0 Å². The van der Waals surface area contributed by atoms with Gasteiger partial charge in [-0.1, -0.05) is 18.2 Å². The first-order chi connectivity index (χ1) is 12.6. The first-order valence-electron chi connectivity index (χ1n) is 8.04. The fraction of sp³-hybridized carbons (Fsp3) is 0.143. The molecule has 0 bridgehead atoms. The zero-order valence-electron chi connectivity index (χ0n) is 14.8. The molecule has 0 amide bonds. The number of aromatic nitrogens is 1. The molecule has 2 aromatic carbocycles. The lowest BCUT2D eigenvalue weighted by atomic mass is 9.99. The molecule has 1 aromatic heterocycles. The molecule has 5 nitrogen and oxygen atoms in total. The van der Waals surface area contributed by atoms with Crippen molar-refractivity contribution in [3.63, 3.8) is 0 Å². The quantitative estimate of drug-likeness (QED) is 0.425. The average molecular weight is 346 g/mol. The molecule has 0 saturated heterocycles. The molecule has 1 heterocycles. The third-order valence-electron chi connectivity index (χ3n) is 4.17. The van der Waals surface area contributed by atoms with E-state index in [9.17, 15) is 10.1 Å². The highest BCUT2D eigenvalue weighted by Crippen LogP contribution is 2.27. The molecule has 1 N–H and O–H groups in total. The van der Waals surface area contributed by atoms with E-state index in [2.05, 4.69) is 4.98 Å². The Morgan fingerprint density at radius 1 is 1.12 bits per heavy atom. The van der Waals surface area contributed by atoms with Crippen LogP contribution in [0.25, 0.3) is 17.0 Å². The smallest absolute Gasteiger partial charge is 0.205 e. The minimum atomic E-state index is -0.316. The summed E-state index contributed by atoms with van der Waals surface area (Å²) in [5.74, 6) is 0.858. The van der Waals surface area contributed by atoms with Gasteiger partial charge in [0.05, 0.1) is 19.8 Å². The Morgan fingerprint density at radius 2 is 1.77 bits per heavy atom. The van der Waals surface area contributed by atoms with Crippen molar-refractivity contribution in [1.82, 2.24) is 4.98 Å². The van der Waals surface area contributed by atoms with E-state index in [4.69, 9.17) is 9.47 Å². The van der Waals surface area contributed by atoms with Gasteiger partial charge in [-0.3, -0.25) is 4.79 Å². The predicted octanol–water partition coefficient (Wildman–Crippen LogP) is 4.28. The van der Waals surface area contributed by atoms with Crippen molar-refractivity contribution in [2.75, 3.05) is 14.2 Å². The number of aromatic amines is 1. The molecule has 0 aliphatic rings. The summed E-state index contributed by atoms with van der Waals surface area (Å²) in [5, 5.41) is 10.4. The van der Waals surface area contributed by atoms with Crippen LogP contribution < -0.4 is 9.47 Å². The van der Waals surface area contributed by atoms with Crippen molar-refractivity contribution in [3.8, 4) is 17.6 Å². The zero-order chi connectivity index (χ0) is 18.7. The Morgan fingerprint density at radius 3 is 2.38 bits per heavy atom. The standard InChI is InChI=1S/C21H18N2O3/c1-13-20(18-6-4-5-7-19(18)23-13)21(24)15(12-22)8-14-9-16(25-2)11-17(10-14)26-3/h4-11,23H,1-3H3. The summed E-state index contributed by atoms with van der Waals surface area (Å²) >= 11 is 0. The molecule has 0 saturated carbocycles. The van der Waals surface area contributed by atoms with Crippen LogP contribution in [0.4, 0.5) is 0 Å². The molecular formula is C21H18N2O3. The number of carbonyl (C=O) groups excluding carboxylic acids is 1. The van der Waals surface area contributed by atoms with Gasteiger partial charge in [0, 0.05) is 22.7 Å². The number of fused-ring (bicyclic) bond motifs is 1. The number of Topliss-reactive ketones (excluding diaryl/α,β-unsaturated/α-hetero) is 1. The summed E-state index contributed by atoms with van der Waals surface area (Å²) in [6.07, 6.45) is 1.55. The molecule has 0 radical (unpaired) electrons. The molecule has 3 aromatic rings. The van der Waals surface area contributed by atoms with Crippen molar-refractivity contribution in [3.05, 3.63) is 64.9 Å². The van der Waals surface area contributed by atoms with Gasteiger partial charge in [0.2, 0.25) is 5.78 Å². The molecule has 26 heavy (non-hydrogen) atoms. The topological polar surface area (TPSA) is 75.1 Å². The SMILES string of the molecule is COc1cc(C=C(C#N)C(=O)c2c(C)[nH]c3ccccc23)cc(OC)c1. The number of para-hydroxylation sites is 1. The fourth-order valence-corrected chi connectivity index (χ4v) is 2.93. The molecule has 5 heteroatoms. The van der Waals surface area contributed by atoms with Gasteiger partial charge in [0.25, 0.3) is 0 Å². The second-order valence-electron chi connectivity index (χ2n) is 5.82. The maximum atomic E-state index is 13.0. The molecule has 0 unspecified atom stereocenters. The first kappa shape index (κ1) is 17.3. The van der Waals surface area contributed by atoms with E-state index in [1.165, 1.54) is 0 Å². The van der Waals surface area contributed by atoms with Crippen molar-refractivity contribution in [1.29, 1.82) is 5.26 Å². The Bertz CT molecular complexity index is 1030. The highest BCUT2D eigenvalue weighted by Gasteiger charge is 2.19. The highest BCUT2D eigenvalue weighted by molar-refractivity contribution is 6.20. The number of nitrogens with zero attached hydrogens (tertiary/aromatic N) is 1. The molecule has 0 spiro atoms. The first-order valence-corrected chi connectivity index (χ1v) is 8.04. The number of allylic oxidation sites excluding steroid dienone is 1. The number of ketones is 1. The molecule has 0 fully saturated rings. The molecule has 0 atom stereocenters. The van der Waals surface area contributed by atoms with Crippen LogP contribution in [0.2, 0.25) is 0 Å². The van der Waals surface area contributed by atoms with Gasteiger partial charge in [-0.15, -0.1) is 0 Å².